The van der Waals surface area contributed by atoms with E-state index in [4.69, 9.17) is 4.98 Å². The lowest BCUT2D eigenvalue weighted by Gasteiger charge is -2.21. The highest BCUT2D eigenvalue weighted by atomic mass is 127. The fourth-order valence-corrected chi connectivity index (χ4v) is 2.62. The quantitative estimate of drug-likeness (QED) is 0.775. The smallest absolute Gasteiger partial charge is 0.0859 e. The van der Waals surface area contributed by atoms with Gasteiger partial charge in [0, 0.05) is 32.3 Å². The molecule has 2 nitrogen and oxygen atoms in total. The van der Waals surface area contributed by atoms with Gasteiger partial charge in [-0.3, -0.25) is 4.98 Å². The van der Waals surface area contributed by atoms with Crippen LogP contribution < -0.4 is 5.32 Å². The lowest BCUT2D eigenvalue weighted by molar-refractivity contribution is 0.571. The fourth-order valence-electron chi connectivity index (χ4n) is 2.00. The predicted octanol–water partition coefficient (Wildman–Crippen LogP) is 4.96. The second-order valence-electron chi connectivity index (χ2n) is 5.87. The van der Waals surface area contributed by atoms with Crippen molar-refractivity contribution >= 4 is 39.2 Å². The summed E-state index contributed by atoms with van der Waals surface area (Å²) in [5.41, 5.74) is 3.52. The van der Waals surface area contributed by atoms with Crippen molar-refractivity contribution in [2.75, 3.05) is 11.9 Å². The van der Waals surface area contributed by atoms with E-state index < -0.39 is 0 Å². The van der Waals surface area contributed by atoms with Crippen molar-refractivity contribution in [2.24, 2.45) is 0 Å². The van der Waals surface area contributed by atoms with Gasteiger partial charge in [-0.15, -0.1) is 0 Å². The summed E-state index contributed by atoms with van der Waals surface area (Å²) in [6.45, 7) is 9.81. The minimum absolute atomic E-state index is 0.0652. The van der Waals surface area contributed by atoms with Crippen molar-refractivity contribution in [3.05, 3.63) is 33.5 Å². The Morgan fingerprint density at radius 2 is 2.00 bits per heavy atom. The molecule has 3 heteroatoms. The second kappa shape index (κ2) is 5.65. The number of hydrogen-bond donors (Lipinski definition) is 1. The van der Waals surface area contributed by atoms with Gasteiger partial charge in [0.1, 0.15) is 0 Å². The molecule has 0 fully saturated rings. The zero-order chi connectivity index (χ0) is 14.0. The van der Waals surface area contributed by atoms with Gasteiger partial charge in [0.05, 0.1) is 5.52 Å². The van der Waals surface area contributed by atoms with Gasteiger partial charge in [-0.25, -0.2) is 0 Å². The van der Waals surface area contributed by atoms with Crippen LogP contribution in [-0.4, -0.2) is 11.5 Å². The molecule has 0 saturated heterocycles. The third kappa shape index (κ3) is 3.19. The molecule has 102 valence electrons. The highest BCUT2D eigenvalue weighted by molar-refractivity contribution is 14.1. The molecule has 0 bridgehead atoms. The molecular weight excluding hydrogens is 347 g/mol. The van der Waals surface area contributed by atoms with Crippen molar-refractivity contribution in [3.63, 3.8) is 0 Å². The van der Waals surface area contributed by atoms with Crippen molar-refractivity contribution < 1.29 is 0 Å². The van der Waals surface area contributed by atoms with Crippen molar-refractivity contribution in [1.29, 1.82) is 0 Å². The van der Waals surface area contributed by atoms with E-state index in [0.717, 1.165) is 24.2 Å². The van der Waals surface area contributed by atoms with Gasteiger partial charge in [-0.1, -0.05) is 39.8 Å². The van der Waals surface area contributed by atoms with Crippen molar-refractivity contribution in [3.8, 4) is 0 Å². The summed E-state index contributed by atoms with van der Waals surface area (Å²) >= 11 is 2.37. The number of fused-ring (bicyclic) bond motifs is 1. The number of para-hydroxylation sites is 1. The molecule has 2 aromatic rings. The standard InChI is InChI=1S/C16H21IN2/c1-5-9-18-13-10-14(16(2,3)4)19-15-11(13)7-6-8-12(15)17/h6-8,10H,5,9H2,1-4H3,(H,18,19). The summed E-state index contributed by atoms with van der Waals surface area (Å²) in [7, 11) is 0. The number of rotatable bonds is 3. The first-order valence-corrected chi connectivity index (χ1v) is 7.85. The van der Waals surface area contributed by atoms with E-state index in [1.54, 1.807) is 0 Å². The molecule has 0 saturated carbocycles. The zero-order valence-electron chi connectivity index (χ0n) is 12.0. The van der Waals surface area contributed by atoms with Gasteiger partial charge in [-0.2, -0.15) is 0 Å². The first-order valence-electron chi connectivity index (χ1n) is 6.77. The molecule has 0 radical (unpaired) electrons. The van der Waals surface area contributed by atoms with E-state index >= 15 is 0 Å². The SMILES string of the molecule is CCCNc1cc(C(C)(C)C)nc2c(I)cccc12. The minimum Gasteiger partial charge on any atom is -0.384 e. The van der Waals surface area contributed by atoms with Crippen LogP contribution >= 0.6 is 22.6 Å². The first kappa shape index (κ1) is 14.6. The Hall–Kier alpha value is -0.840. The number of nitrogens with zero attached hydrogens (tertiary/aromatic N) is 1. The number of benzene rings is 1. The van der Waals surface area contributed by atoms with Crippen LogP contribution in [0, 0.1) is 3.57 Å². The molecule has 0 atom stereocenters. The topological polar surface area (TPSA) is 24.9 Å². The zero-order valence-corrected chi connectivity index (χ0v) is 14.2. The van der Waals surface area contributed by atoms with E-state index in [1.165, 1.54) is 14.6 Å². The highest BCUT2D eigenvalue weighted by Crippen LogP contribution is 2.31. The maximum Gasteiger partial charge on any atom is 0.0859 e. The third-order valence-electron chi connectivity index (χ3n) is 3.12. The molecule has 1 aromatic carbocycles. The molecule has 2 rings (SSSR count). The Kier molecular flexibility index (Phi) is 4.33. The molecule has 0 spiro atoms. The molecule has 0 aliphatic carbocycles. The summed E-state index contributed by atoms with van der Waals surface area (Å²) in [6.07, 6.45) is 1.12. The van der Waals surface area contributed by atoms with Crippen LogP contribution in [0.3, 0.4) is 0 Å². The molecule has 19 heavy (non-hydrogen) atoms. The number of aromatic nitrogens is 1. The number of hydrogen-bond acceptors (Lipinski definition) is 2. The van der Waals surface area contributed by atoms with Crippen LogP contribution in [0.1, 0.15) is 39.8 Å². The maximum atomic E-state index is 4.87. The molecule has 1 heterocycles. The molecule has 0 aliphatic heterocycles. The van der Waals surface area contributed by atoms with Crippen molar-refractivity contribution in [1.82, 2.24) is 4.98 Å². The van der Waals surface area contributed by atoms with E-state index in [0.29, 0.717) is 0 Å². The summed E-state index contributed by atoms with van der Waals surface area (Å²) < 4.78 is 1.21. The molecule has 0 aliphatic rings. The average Bonchev–Trinajstić information content (AvgIpc) is 2.35. The monoisotopic (exact) mass is 368 g/mol. The fraction of sp³-hybridized carbons (Fsp3) is 0.438. The second-order valence-corrected chi connectivity index (χ2v) is 7.03. The molecule has 0 amide bonds. The summed E-state index contributed by atoms with van der Waals surface area (Å²) in [5, 5.41) is 4.75. The van der Waals surface area contributed by atoms with Crippen LogP contribution in [0.4, 0.5) is 5.69 Å². The summed E-state index contributed by atoms with van der Waals surface area (Å²) in [5.74, 6) is 0. The van der Waals surface area contributed by atoms with Gasteiger partial charge in [0.2, 0.25) is 0 Å². The largest absolute Gasteiger partial charge is 0.384 e. The third-order valence-corrected chi connectivity index (χ3v) is 3.99. The molecule has 1 N–H and O–H groups in total. The predicted molar refractivity (Wildman–Crippen MR) is 91.9 cm³/mol. The maximum absolute atomic E-state index is 4.87. The number of anilines is 1. The number of halogens is 1. The van der Waals surface area contributed by atoms with Crippen LogP contribution in [0.25, 0.3) is 10.9 Å². The van der Waals surface area contributed by atoms with E-state index in [9.17, 15) is 0 Å². The van der Waals surface area contributed by atoms with Crippen LogP contribution in [-0.2, 0) is 5.41 Å². The lowest BCUT2D eigenvalue weighted by Crippen LogP contribution is -2.15. The van der Waals surface area contributed by atoms with Gasteiger partial charge < -0.3 is 5.32 Å². The van der Waals surface area contributed by atoms with E-state index in [2.05, 4.69) is 79.9 Å². The van der Waals surface area contributed by atoms with Gasteiger partial charge in [0.15, 0.2) is 0 Å². The summed E-state index contributed by atoms with van der Waals surface area (Å²) in [4.78, 5) is 4.87. The molecule has 1 aromatic heterocycles. The Morgan fingerprint density at radius 1 is 1.26 bits per heavy atom. The van der Waals surface area contributed by atoms with E-state index in [1.807, 2.05) is 0 Å². The van der Waals surface area contributed by atoms with Gasteiger partial charge >= 0.3 is 0 Å². The Bertz CT molecular complexity index is 585. The van der Waals surface area contributed by atoms with Gasteiger partial charge in [0.25, 0.3) is 0 Å². The Labute approximate surface area is 129 Å². The molecule has 0 unspecified atom stereocenters. The molecular formula is C16H21IN2. The average molecular weight is 368 g/mol. The minimum atomic E-state index is 0.0652. The Balaban J connectivity index is 2.66. The number of pyridine rings is 1. The Morgan fingerprint density at radius 3 is 2.63 bits per heavy atom. The van der Waals surface area contributed by atoms with Crippen LogP contribution in [0.15, 0.2) is 24.3 Å². The summed E-state index contributed by atoms with van der Waals surface area (Å²) in [6, 6.07) is 8.56. The van der Waals surface area contributed by atoms with E-state index in [-0.39, 0.29) is 5.41 Å². The number of nitrogens with one attached hydrogen (secondary N) is 1. The van der Waals surface area contributed by atoms with Crippen LogP contribution in [0.5, 0.6) is 0 Å². The lowest BCUT2D eigenvalue weighted by atomic mass is 9.90. The van der Waals surface area contributed by atoms with Crippen molar-refractivity contribution in [2.45, 2.75) is 39.5 Å². The normalized spacial score (nSPS) is 11.8. The van der Waals surface area contributed by atoms with Crippen LogP contribution in [0.2, 0.25) is 0 Å². The van der Waals surface area contributed by atoms with Gasteiger partial charge in [-0.05, 0) is 41.1 Å². The first-order chi connectivity index (χ1) is 8.93. The highest BCUT2D eigenvalue weighted by Gasteiger charge is 2.18.